The molecule has 0 atom stereocenters. The minimum Gasteiger partial charge on any atom is -0.418 e. The average Bonchev–Trinajstić information content (AvgIpc) is 2.14. The molecule has 1 rings (SSSR count). The number of benzene rings is 1. The van der Waals surface area contributed by atoms with E-state index in [9.17, 15) is 17.3 Å². The van der Waals surface area contributed by atoms with Gasteiger partial charge in [-0.15, -0.1) is 0 Å². The Balaban J connectivity index is 0.000000494. The first kappa shape index (κ1) is 17.5. The van der Waals surface area contributed by atoms with Crippen molar-refractivity contribution >= 4 is 7.25 Å². The lowest BCUT2D eigenvalue weighted by Crippen LogP contribution is -3.59. The van der Waals surface area contributed by atoms with Gasteiger partial charge in [-0.1, -0.05) is 39.0 Å². The van der Waals surface area contributed by atoms with E-state index < -0.39 is 7.25 Å². The Bertz CT molecular complexity index is 349. The Morgan fingerprint density at radius 3 is 1.83 bits per heavy atom. The summed E-state index contributed by atoms with van der Waals surface area (Å²) in [7, 11) is -6.00. The summed E-state index contributed by atoms with van der Waals surface area (Å²) in [5.74, 6) is 0. The van der Waals surface area contributed by atoms with Crippen molar-refractivity contribution in [3.8, 4) is 0 Å². The van der Waals surface area contributed by atoms with Crippen molar-refractivity contribution in [1.82, 2.24) is 0 Å². The number of rotatable bonds is 2. The van der Waals surface area contributed by atoms with Gasteiger partial charge in [0.05, 0.1) is 0 Å². The summed E-state index contributed by atoms with van der Waals surface area (Å²) in [5.41, 5.74) is 0.328. The fraction of sp³-hybridized carbons (Fsp3) is 0.333. The lowest BCUT2D eigenvalue weighted by Gasteiger charge is -2.07. The standard InChI is InChI=1S/C12H16I.BF4/c1-12(2,3)9-10-13-11-7-5-4-6-8-11;2-1(3,4)5/h4-10H,1-3H3;/q+1;-1/b10-9+;. The zero-order valence-corrected chi connectivity index (χ0v) is 12.7. The molecule has 0 unspecified atom stereocenters. The number of hydrogen-bond donors (Lipinski definition) is 0. The van der Waals surface area contributed by atoms with Gasteiger partial charge in [-0.25, -0.2) is 0 Å². The van der Waals surface area contributed by atoms with Gasteiger partial charge in [-0.2, -0.15) is 0 Å². The highest BCUT2D eigenvalue weighted by Crippen LogP contribution is 2.12. The topological polar surface area (TPSA) is 0 Å². The molecule has 0 bridgehead atoms. The number of hydrogen-bond acceptors (Lipinski definition) is 0. The predicted octanol–water partition coefficient (Wildman–Crippen LogP) is 1.80. The monoisotopic (exact) mass is 374 g/mol. The molecule has 0 heterocycles. The van der Waals surface area contributed by atoms with Crippen molar-refractivity contribution in [2.75, 3.05) is 0 Å². The van der Waals surface area contributed by atoms with Crippen LogP contribution in [0.15, 0.2) is 40.5 Å². The molecule has 0 amide bonds. The normalized spacial score (nSPS) is 12.2. The van der Waals surface area contributed by atoms with E-state index in [0.717, 1.165) is 0 Å². The largest absolute Gasteiger partial charge is 0.673 e. The van der Waals surface area contributed by atoms with Crippen LogP contribution in [0.1, 0.15) is 20.8 Å². The second kappa shape index (κ2) is 7.81. The molecule has 1 aromatic rings. The van der Waals surface area contributed by atoms with Crippen LogP contribution in [0.4, 0.5) is 17.3 Å². The van der Waals surface area contributed by atoms with Crippen LogP contribution in [-0.2, 0) is 0 Å². The lowest BCUT2D eigenvalue weighted by molar-refractivity contribution is -0.557. The molecule has 0 aliphatic rings. The van der Waals surface area contributed by atoms with Crippen molar-refractivity contribution in [2.45, 2.75) is 20.8 Å². The van der Waals surface area contributed by atoms with Gasteiger partial charge < -0.3 is 17.3 Å². The molecule has 0 fully saturated rings. The average molecular weight is 374 g/mol. The Morgan fingerprint density at radius 1 is 1.00 bits per heavy atom. The van der Waals surface area contributed by atoms with Crippen LogP contribution in [0.25, 0.3) is 0 Å². The Morgan fingerprint density at radius 2 is 1.44 bits per heavy atom. The molecule has 0 radical (unpaired) electrons. The summed E-state index contributed by atoms with van der Waals surface area (Å²) in [4.78, 5) is 0. The lowest BCUT2D eigenvalue weighted by atomic mass is 9.98. The van der Waals surface area contributed by atoms with E-state index in [1.54, 1.807) is 0 Å². The minimum atomic E-state index is -6.00. The van der Waals surface area contributed by atoms with Gasteiger partial charge in [-0.3, -0.25) is 0 Å². The highest BCUT2D eigenvalue weighted by Gasteiger charge is 2.20. The van der Waals surface area contributed by atoms with E-state index in [2.05, 4.69) is 61.3 Å². The maximum atomic E-state index is 9.75. The molecular weight excluding hydrogens is 358 g/mol. The predicted molar refractivity (Wildman–Crippen MR) is 63.9 cm³/mol. The van der Waals surface area contributed by atoms with Crippen molar-refractivity contribution in [3.63, 3.8) is 0 Å². The summed E-state index contributed by atoms with van der Waals surface area (Å²) in [5, 5.41) is 0. The summed E-state index contributed by atoms with van der Waals surface area (Å²) in [6.45, 7) is 6.70. The van der Waals surface area contributed by atoms with Gasteiger partial charge in [0.15, 0.2) is 7.65 Å². The highest BCUT2D eigenvalue weighted by molar-refractivity contribution is 6.50. The molecule has 18 heavy (non-hydrogen) atoms. The molecule has 0 saturated heterocycles. The molecule has 0 spiro atoms. The Hall–Kier alpha value is -0.525. The molecule has 0 N–H and O–H groups in total. The Kier molecular flexibility index (Phi) is 7.58. The zero-order chi connectivity index (χ0) is 14.2. The van der Waals surface area contributed by atoms with E-state index >= 15 is 0 Å². The summed E-state index contributed by atoms with van der Waals surface area (Å²) in [6.07, 6.45) is 2.31. The second-order valence-corrected chi connectivity index (χ2v) is 7.15. The van der Waals surface area contributed by atoms with Gasteiger partial charge >= 0.3 is 28.5 Å². The maximum Gasteiger partial charge on any atom is 0.673 e. The molecular formula is C12H16BF4I. The fourth-order valence-corrected chi connectivity index (χ4v) is 3.28. The third kappa shape index (κ3) is 15.5. The Labute approximate surface area is 116 Å². The molecule has 0 aromatic heterocycles. The van der Waals surface area contributed by atoms with E-state index in [1.807, 2.05) is 0 Å². The summed E-state index contributed by atoms with van der Waals surface area (Å²) >= 11 is 0.0802. The SMILES string of the molecule is CC(C)(C)/C=C/[I+]c1ccccc1.F[B-](F)(F)F. The van der Waals surface area contributed by atoms with Crippen LogP contribution in [-0.4, -0.2) is 7.25 Å². The first-order valence-electron chi connectivity index (χ1n) is 5.31. The van der Waals surface area contributed by atoms with Crippen LogP contribution in [0.5, 0.6) is 0 Å². The molecule has 0 nitrogen and oxygen atoms in total. The molecule has 6 heteroatoms. The molecule has 0 aliphatic heterocycles. The van der Waals surface area contributed by atoms with E-state index in [0.29, 0.717) is 5.41 Å². The number of allylic oxidation sites excluding steroid dienone is 1. The van der Waals surface area contributed by atoms with Gasteiger partial charge in [0, 0.05) is 0 Å². The third-order valence-electron chi connectivity index (χ3n) is 1.49. The van der Waals surface area contributed by atoms with Gasteiger partial charge in [0.25, 0.3) is 0 Å². The van der Waals surface area contributed by atoms with Gasteiger partial charge in [0.2, 0.25) is 0 Å². The van der Waals surface area contributed by atoms with Crippen molar-refractivity contribution < 1.29 is 38.5 Å². The molecule has 0 aliphatic carbocycles. The van der Waals surface area contributed by atoms with Gasteiger partial charge in [0.1, 0.15) is 0 Å². The third-order valence-corrected chi connectivity index (χ3v) is 3.64. The van der Waals surface area contributed by atoms with E-state index in [1.165, 1.54) is 3.57 Å². The quantitative estimate of drug-likeness (QED) is 0.421. The number of halogens is 5. The molecule has 1 aromatic carbocycles. The van der Waals surface area contributed by atoms with Crippen LogP contribution in [0.2, 0.25) is 0 Å². The van der Waals surface area contributed by atoms with Crippen molar-refractivity contribution in [2.24, 2.45) is 5.41 Å². The maximum absolute atomic E-state index is 9.75. The van der Waals surface area contributed by atoms with Gasteiger partial charge in [-0.05, 0) is 23.6 Å². The second-order valence-electron chi connectivity index (χ2n) is 4.56. The van der Waals surface area contributed by atoms with E-state index in [-0.39, 0.29) is 21.2 Å². The van der Waals surface area contributed by atoms with Crippen LogP contribution >= 0.6 is 0 Å². The highest BCUT2D eigenvalue weighted by atomic mass is 127. The smallest absolute Gasteiger partial charge is 0.418 e. The van der Waals surface area contributed by atoms with Crippen LogP contribution in [0, 0.1) is 8.99 Å². The van der Waals surface area contributed by atoms with Crippen LogP contribution < -0.4 is 21.2 Å². The molecule has 102 valence electrons. The van der Waals surface area contributed by atoms with E-state index in [4.69, 9.17) is 0 Å². The summed E-state index contributed by atoms with van der Waals surface area (Å²) < 4.78 is 42.8. The van der Waals surface area contributed by atoms with Crippen molar-refractivity contribution in [3.05, 3.63) is 44.1 Å². The fourth-order valence-electron chi connectivity index (χ4n) is 0.781. The first-order valence-corrected chi connectivity index (χ1v) is 7.64. The van der Waals surface area contributed by atoms with Crippen molar-refractivity contribution in [1.29, 1.82) is 0 Å². The first-order chi connectivity index (χ1) is 8.08. The minimum absolute atomic E-state index is 0.0802. The summed E-state index contributed by atoms with van der Waals surface area (Å²) in [6, 6.07) is 10.7. The van der Waals surface area contributed by atoms with Crippen LogP contribution in [0.3, 0.4) is 0 Å². The zero-order valence-electron chi connectivity index (χ0n) is 10.5. The molecule has 0 saturated carbocycles.